The molecular formula is C24H38BrNO5Si. The summed E-state index contributed by atoms with van der Waals surface area (Å²) in [5.41, 5.74) is -0.368. The minimum Gasteiger partial charge on any atom is -0.479 e. The van der Waals surface area contributed by atoms with Gasteiger partial charge in [0.15, 0.2) is 13.9 Å². The van der Waals surface area contributed by atoms with Crippen molar-refractivity contribution in [3.63, 3.8) is 0 Å². The molecule has 3 atom stereocenters. The van der Waals surface area contributed by atoms with Gasteiger partial charge < -0.3 is 14.6 Å². The van der Waals surface area contributed by atoms with Gasteiger partial charge in [0.05, 0.1) is 12.6 Å². The van der Waals surface area contributed by atoms with Gasteiger partial charge in [-0.3, -0.25) is 4.90 Å². The maximum atomic E-state index is 13.0. The molecule has 1 aromatic carbocycles. The fourth-order valence-electron chi connectivity index (χ4n) is 4.81. The van der Waals surface area contributed by atoms with Crippen molar-refractivity contribution in [2.24, 2.45) is 5.41 Å². The number of carbonyl (C=O) groups is 2. The van der Waals surface area contributed by atoms with Gasteiger partial charge in [-0.25, -0.2) is 9.59 Å². The molecule has 0 aliphatic carbocycles. The average molecular weight is 529 g/mol. The number of aryl methyl sites for hydroxylation is 1. The summed E-state index contributed by atoms with van der Waals surface area (Å²) in [6.07, 6.45) is -1.57. The van der Waals surface area contributed by atoms with Gasteiger partial charge in [0.25, 0.3) is 0 Å². The lowest BCUT2D eigenvalue weighted by Gasteiger charge is -2.46. The third-order valence-corrected chi connectivity index (χ3v) is 12.2. The Balaban J connectivity index is 2.70. The molecule has 1 aliphatic heterocycles. The van der Waals surface area contributed by atoms with Gasteiger partial charge in [0, 0.05) is 16.8 Å². The summed E-state index contributed by atoms with van der Waals surface area (Å²) in [6.45, 7) is 18.5. The Kier molecular flexibility index (Phi) is 7.36. The third-order valence-electron chi connectivity index (χ3n) is 7.16. The molecule has 0 bridgehead atoms. The number of carboxylic acid groups (broad SMARTS) is 2. The molecule has 1 fully saturated rings. The van der Waals surface area contributed by atoms with Crippen molar-refractivity contribution in [2.75, 3.05) is 6.54 Å². The van der Waals surface area contributed by atoms with E-state index in [1.807, 2.05) is 45.9 Å². The van der Waals surface area contributed by atoms with Crippen LogP contribution in [0.25, 0.3) is 0 Å². The van der Waals surface area contributed by atoms with Crippen molar-refractivity contribution in [2.45, 2.75) is 90.6 Å². The Labute approximate surface area is 201 Å². The lowest BCUT2D eigenvalue weighted by Crippen LogP contribution is -2.59. The monoisotopic (exact) mass is 527 g/mol. The number of rotatable bonds is 5. The maximum absolute atomic E-state index is 13.0. The number of carboxylic acids is 1. The molecule has 0 aromatic heterocycles. The number of amides is 1. The number of aliphatic carboxylic acids is 1. The van der Waals surface area contributed by atoms with Gasteiger partial charge in [0.2, 0.25) is 0 Å². The molecule has 6 nitrogen and oxygen atoms in total. The predicted octanol–water partition coefficient (Wildman–Crippen LogP) is 6.48. The van der Waals surface area contributed by atoms with E-state index >= 15 is 0 Å². The van der Waals surface area contributed by atoms with Crippen LogP contribution in [0.1, 0.15) is 65.0 Å². The highest BCUT2D eigenvalue weighted by molar-refractivity contribution is 9.10. The number of hydrogen-bond donors (Lipinski definition) is 2. The normalized spacial score (nSPS) is 23.3. The third kappa shape index (κ3) is 4.92. The fraction of sp³-hybridized carbons (Fsp3) is 0.667. The summed E-state index contributed by atoms with van der Waals surface area (Å²) in [5.74, 6) is -1.69. The van der Waals surface area contributed by atoms with Crippen LogP contribution in [0.2, 0.25) is 18.1 Å². The highest BCUT2D eigenvalue weighted by Gasteiger charge is 2.62. The minimum absolute atomic E-state index is 0.0519. The van der Waals surface area contributed by atoms with E-state index < -0.39 is 43.4 Å². The zero-order valence-electron chi connectivity index (χ0n) is 20.7. The minimum atomic E-state index is -2.23. The molecule has 1 saturated heterocycles. The number of likely N-dealkylation sites (tertiary alicyclic amines) is 1. The number of hydrogen-bond acceptors (Lipinski definition) is 3. The van der Waals surface area contributed by atoms with Crippen molar-refractivity contribution in [3.05, 3.63) is 33.8 Å². The van der Waals surface area contributed by atoms with Gasteiger partial charge in [-0.05, 0) is 53.7 Å². The van der Waals surface area contributed by atoms with E-state index in [1.165, 1.54) is 0 Å². The van der Waals surface area contributed by atoms with E-state index in [0.29, 0.717) is 0 Å². The molecule has 0 radical (unpaired) electrons. The number of nitrogens with zero attached hydrogens (tertiary/aromatic N) is 1. The second-order valence-electron chi connectivity index (χ2n) is 11.6. The van der Waals surface area contributed by atoms with Crippen LogP contribution in [-0.2, 0) is 9.22 Å². The topological polar surface area (TPSA) is 87.1 Å². The van der Waals surface area contributed by atoms with Crippen LogP contribution < -0.4 is 0 Å². The molecule has 0 saturated carbocycles. The first-order valence-electron chi connectivity index (χ1n) is 11.0. The van der Waals surface area contributed by atoms with Crippen LogP contribution in [0, 0.1) is 12.3 Å². The zero-order chi connectivity index (χ0) is 24.9. The molecule has 0 spiro atoms. The van der Waals surface area contributed by atoms with Gasteiger partial charge in [-0.1, -0.05) is 63.5 Å². The molecule has 2 N–H and O–H groups in total. The average Bonchev–Trinajstić information content (AvgIpc) is 2.94. The van der Waals surface area contributed by atoms with E-state index in [1.54, 1.807) is 0 Å². The summed E-state index contributed by atoms with van der Waals surface area (Å²) < 4.78 is 7.46. The molecule has 3 unspecified atom stereocenters. The SMILES string of the molecule is Cc1cc(Br)ccc1C(C(C)(C)C)C1(C(=O)O)CC(O[Si](C)(C)C(C)(C)C)CN1C(=O)O. The lowest BCUT2D eigenvalue weighted by atomic mass is 9.63. The van der Waals surface area contributed by atoms with Crippen LogP contribution in [0.4, 0.5) is 4.79 Å². The fourth-order valence-corrected chi connectivity index (χ4v) is 6.63. The molecule has 1 aromatic rings. The standard InChI is InChI=1S/C24H38BrNO5Si/c1-15-12-16(25)10-11-18(15)19(22(2,3)4)24(20(27)28)13-17(14-26(24)21(29)30)31-32(8,9)23(5,6)7/h10-12,17,19H,13-14H2,1-9H3,(H,27,28)(H,29,30). The molecule has 1 heterocycles. The second-order valence-corrected chi connectivity index (χ2v) is 17.3. The van der Waals surface area contributed by atoms with E-state index in [-0.39, 0.29) is 18.0 Å². The van der Waals surface area contributed by atoms with Gasteiger partial charge in [-0.2, -0.15) is 0 Å². The highest BCUT2D eigenvalue weighted by Crippen LogP contribution is 2.53. The summed E-state index contributed by atoms with van der Waals surface area (Å²) in [6, 6.07) is 5.76. The molecule has 1 amide bonds. The van der Waals surface area contributed by atoms with Crippen molar-refractivity contribution < 1.29 is 24.2 Å². The maximum Gasteiger partial charge on any atom is 0.408 e. The van der Waals surface area contributed by atoms with Crippen LogP contribution in [0.5, 0.6) is 0 Å². The van der Waals surface area contributed by atoms with Gasteiger partial charge >= 0.3 is 12.1 Å². The lowest BCUT2D eigenvalue weighted by molar-refractivity contribution is -0.152. The van der Waals surface area contributed by atoms with E-state index in [0.717, 1.165) is 20.5 Å². The summed E-state index contributed by atoms with van der Waals surface area (Å²) >= 11 is 3.48. The highest BCUT2D eigenvalue weighted by atomic mass is 79.9. The first-order valence-corrected chi connectivity index (χ1v) is 14.7. The zero-order valence-corrected chi connectivity index (χ0v) is 23.3. The van der Waals surface area contributed by atoms with Gasteiger partial charge in [-0.15, -0.1) is 0 Å². The number of halogens is 1. The van der Waals surface area contributed by atoms with E-state index in [4.69, 9.17) is 4.43 Å². The summed E-state index contributed by atoms with van der Waals surface area (Å²) in [5, 5.41) is 20.7. The molecule has 1 aliphatic rings. The van der Waals surface area contributed by atoms with E-state index in [9.17, 15) is 19.8 Å². The van der Waals surface area contributed by atoms with Crippen molar-refractivity contribution in [1.29, 1.82) is 0 Å². The van der Waals surface area contributed by atoms with Crippen LogP contribution >= 0.6 is 15.9 Å². The van der Waals surface area contributed by atoms with Crippen molar-refractivity contribution >= 4 is 36.3 Å². The Bertz CT molecular complexity index is 889. The van der Waals surface area contributed by atoms with Crippen LogP contribution in [-0.4, -0.2) is 53.7 Å². The van der Waals surface area contributed by atoms with Crippen LogP contribution in [0.15, 0.2) is 22.7 Å². The van der Waals surface area contributed by atoms with E-state index in [2.05, 4.69) is 49.8 Å². The molecule has 180 valence electrons. The molecule has 2 rings (SSSR count). The van der Waals surface area contributed by atoms with Crippen LogP contribution in [0.3, 0.4) is 0 Å². The van der Waals surface area contributed by atoms with Gasteiger partial charge in [0.1, 0.15) is 0 Å². The van der Waals surface area contributed by atoms with Crippen molar-refractivity contribution in [3.8, 4) is 0 Å². The summed E-state index contributed by atoms with van der Waals surface area (Å²) in [7, 11) is -2.23. The Morgan fingerprint density at radius 2 is 1.75 bits per heavy atom. The molecule has 32 heavy (non-hydrogen) atoms. The molecular weight excluding hydrogens is 490 g/mol. The summed E-state index contributed by atoms with van der Waals surface area (Å²) in [4.78, 5) is 26.6. The smallest absolute Gasteiger partial charge is 0.408 e. The second kappa shape index (κ2) is 8.76. The first-order chi connectivity index (χ1) is 14.3. The Morgan fingerprint density at radius 3 is 2.16 bits per heavy atom. The largest absolute Gasteiger partial charge is 0.479 e. The quantitative estimate of drug-likeness (QED) is 0.427. The predicted molar refractivity (Wildman–Crippen MR) is 133 cm³/mol. The Hall–Kier alpha value is -1.38. The van der Waals surface area contributed by atoms with Crippen molar-refractivity contribution in [1.82, 2.24) is 4.90 Å². The number of benzene rings is 1. The Morgan fingerprint density at radius 1 is 1.19 bits per heavy atom. The molecule has 8 heteroatoms. The first kappa shape index (κ1) is 26.9.